The maximum absolute atomic E-state index is 11.9. The number of anilines is 2. The van der Waals surface area contributed by atoms with Crippen molar-refractivity contribution in [2.24, 2.45) is 5.92 Å². The van der Waals surface area contributed by atoms with E-state index in [0.717, 1.165) is 18.7 Å². The third-order valence-corrected chi connectivity index (χ3v) is 4.16. The monoisotopic (exact) mass is 290 g/mol. The zero-order chi connectivity index (χ0) is 14.8. The highest BCUT2D eigenvalue weighted by Gasteiger charge is 2.40. The highest BCUT2D eigenvalue weighted by atomic mass is 16.5. The smallest absolute Gasteiger partial charge is 0.340 e. The van der Waals surface area contributed by atoms with Crippen LogP contribution in [0.25, 0.3) is 0 Å². The third kappa shape index (κ3) is 2.97. The van der Waals surface area contributed by atoms with Crippen molar-refractivity contribution < 1.29 is 14.3 Å². The van der Waals surface area contributed by atoms with Crippen LogP contribution in [-0.4, -0.2) is 31.3 Å². The summed E-state index contributed by atoms with van der Waals surface area (Å²) in [6.45, 7) is 2.92. The fraction of sp³-hybridized carbons (Fsp3) is 0.562. The molecule has 0 bridgehead atoms. The molecule has 114 valence electrons. The first-order chi connectivity index (χ1) is 10.2. The van der Waals surface area contributed by atoms with Crippen LogP contribution in [0.4, 0.5) is 11.4 Å². The fourth-order valence-electron chi connectivity index (χ4n) is 2.93. The molecule has 2 unspecified atom stereocenters. The molecule has 2 atom stereocenters. The van der Waals surface area contributed by atoms with E-state index in [4.69, 9.17) is 15.2 Å². The average molecular weight is 290 g/mol. The largest absolute Gasteiger partial charge is 0.462 e. The van der Waals surface area contributed by atoms with Crippen LogP contribution in [0.2, 0.25) is 0 Å². The summed E-state index contributed by atoms with van der Waals surface area (Å²) in [4.78, 5) is 11.9. The van der Waals surface area contributed by atoms with Crippen LogP contribution in [0, 0.1) is 5.92 Å². The number of benzene rings is 1. The van der Waals surface area contributed by atoms with Crippen molar-refractivity contribution in [2.45, 2.75) is 38.3 Å². The molecule has 1 saturated carbocycles. The second-order valence-electron chi connectivity index (χ2n) is 5.70. The van der Waals surface area contributed by atoms with Gasteiger partial charge in [0.1, 0.15) is 0 Å². The van der Waals surface area contributed by atoms with E-state index >= 15 is 0 Å². The Kier molecular flexibility index (Phi) is 4.01. The van der Waals surface area contributed by atoms with Gasteiger partial charge in [0.05, 0.1) is 35.7 Å². The number of carbonyl (C=O) groups is 1. The Hall–Kier alpha value is -1.75. The van der Waals surface area contributed by atoms with Crippen molar-refractivity contribution in [3.05, 3.63) is 23.8 Å². The van der Waals surface area contributed by atoms with E-state index in [0.29, 0.717) is 23.8 Å². The summed E-state index contributed by atoms with van der Waals surface area (Å²) in [6.07, 6.45) is 3.75. The van der Waals surface area contributed by atoms with E-state index in [2.05, 4.69) is 5.32 Å². The highest BCUT2D eigenvalue weighted by Crippen LogP contribution is 2.40. The molecule has 5 nitrogen and oxygen atoms in total. The van der Waals surface area contributed by atoms with Crippen LogP contribution in [0.5, 0.6) is 0 Å². The van der Waals surface area contributed by atoms with Crippen molar-refractivity contribution in [3.8, 4) is 0 Å². The van der Waals surface area contributed by atoms with Crippen LogP contribution in [-0.2, 0) is 9.47 Å². The second kappa shape index (κ2) is 5.93. The van der Waals surface area contributed by atoms with Crippen molar-refractivity contribution in [3.63, 3.8) is 0 Å². The maximum atomic E-state index is 11.9. The molecule has 2 aliphatic rings. The molecule has 3 rings (SSSR count). The lowest BCUT2D eigenvalue weighted by atomic mass is 10.0. The predicted molar refractivity (Wildman–Crippen MR) is 81.3 cm³/mol. The minimum Gasteiger partial charge on any atom is -0.462 e. The first-order valence-corrected chi connectivity index (χ1v) is 7.64. The van der Waals surface area contributed by atoms with Crippen LogP contribution in [0.15, 0.2) is 18.2 Å². The van der Waals surface area contributed by atoms with Crippen molar-refractivity contribution >= 4 is 17.3 Å². The minimum atomic E-state index is -0.375. The number of nitrogens with two attached hydrogens (primary N) is 1. The molecular weight excluding hydrogens is 268 g/mol. The van der Waals surface area contributed by atoms with Gasteiger partial charge in [-0.1, -0.05) is 6.07 Å². The van der Waals surface area contributed by atoms with E-state index in [1.807, 2.05) is 12.1 Å². The van der Waals surface area contributed by atoms with Gasteiger partial charge in [-0.2, -0.15) is 0 Å². The third-order valence-electron chi connectivity index (χ3n) is 4.16. The Morgan fingerprint density at radius 3 is 2.95 bits per heavy atom. The molecule has 0 amide bonds. The molecule has 1 aromatic rings. The molecule has 2 fully saturated rings. The summed E-state index contributed by atoms with van der Waals surface area (Å²) in [5.74, 6) is 0.305. The highest BCUT2D eigenvalue weighted by molar-refractivity contribution is 5.98. The Bertz CT molecular complexity index is 528. The standard InChI is InChI=1S/C16H22N2O3/c1-2-20-16(19)11-4-3-5-12(14(11)17)18-13-8-9-21-15(13)10-6-7-10/h3-5,10,13,15,18H,2,6-9,17H2,1H3. The van der Waals surface area contributed by atoms with Gasteiger partial charge < -0.3 is 20.5 Å². The molecule has 1 aliphatic carbocycles. The second-order valence-corrected chi connectivity index (χ2v) is 5.70. The van der Waals surface area contributed by atoms with E-state index in [9.17, 15) is 4.79 Å². The van der Waals surface area contributed by atoms with Crippen LogP contribution < -0.4 is 11.1 Å². The number of rotatable bonds is 5. The number of ether oxygens (including phenoxy) is 2. The van der Waals surface area contributed by atoms with Gasteiger partial charge in [-0.3, -0.25) is 0 Å². The number of hydrogen-bond donors (Lipinski definition) is 2. The van der Waals surface area contributed by atoms with Gasteiger partial charge in [0, 0.05) is 6.61 Å². The van der Waals surface area contributed by atoms with Gasteiger partial charge in [0.25, 0.3) is 0 Å². The number of nitrogen functional groups attached to an aromatic ring is 1. The molecule has 1 aliphatic heterocycles. The molecule has 0 spiro atoms. The lowest BCUT2D eigenvalue weighted by Crippen LogP contribution is -2.31. The van der Waals surface area contributed by atoms with Gasteiger partial charge in [-0.25, -0.2) is 4.79 Å². The Morgan fingerprint density at radius 2 is 2.24 bits per heavy atom. The molecule has 1 aromatic carbocycles. The van der Waals surface area contributed by atoms with Crippen molar-refractivity contribution in [2.75, 3.05) is 24.3 Å². The van der Waals surface area contributed by atoms with Gasteiger partial charge >= 0.3 is 5.97 Å². The average Bonchev–Trinajstić information content (AvgIpc) is 3.21. The summed E-state index contributed by atoms with van der Waals surface area (Å²) >= 11 is 0. The quantitative estimate of drug-likeness (QED) is 0.643. The number of nitrogens with one attached hydrogen (secondary N) is 1. The molecule has 5 heteroatoms. The van der Waals surface area contributed by atoms with Crippen LogP contribution >= 0.6 is 0 Å². The maximum Gasteiger partial charge on any atom is 0.340 e. The predicted octanol–water partition coefficient (Wildman–Crippen LogP) is 2.42. The molecule has 21 heavy (non-hydrogen) atoms. The zero-order valence-corrected chi connectivity index (χ0v) is 12.3. The van der Waals surface area contributed by atoms with Crippen LogP contribution in [0.1, 0.15) is 36.5 Å². The lowest BCUT2D eigenvalue weighted by Gasteiger charge is -2.22. The SMILES string of the molecule is CCOC(=O)c1cccc(NC2CCOC2C2CC2)c1N. The summed E-state index contributed by atoms with van der Waals surface area (Å²) in [5.41, 5.74) is 7.79. The molecule has 1 saturated heterocycles. The Morgan fingerprint density at radius 1 is 1.43 bits per heavy atom. The number of esters is 1. The van der Waals surface area contributed by atoms with E-state index in [1.165, 1.54) is 12.8 Å². The minimum absolute atomic E-state index is 0.274. The topological polar surface area (TPSA) is 73.6 Å². The number of para-hydroxylation sites is 1. The van der Waals surface area contributed by atoms with Gasteiger partial charge in [0.15, 0.2) is 0 Å². The number of carbonyl (C=O) groups excluding carboxylic acids is 1. The molecule has 0 aromatic heterocycles. The van der Waals surface area contributed by atoms with E-state index < -0.39 is 0 Å². The first-order valence-electron chi connectivity index (χ1n) is 7.64. The van der Waals surface area contributed by atoms with Gasteiger partial charge in [-0.15, -0.1) is 0 Å². The molecule has 1 heterocycles. The fourth-order valence-corrected chi connectivity index (χ4v) is 2.93. The lowest BCUT2D eigenvalue weighted by molar-refractivity contribution is 0.0527. The summed E-state index contributed by atoms with van der Waals surface area (Å²) in [6, 6.07) is 5.70. The number of hydrogen-bond acceptors (Lipinski definition) is 5. The molecule has 3 N–H and O–H groups in total. The summed E-state index contributed by atoms with van der Waals surface area (Å²) < 4.78 is 10.9. The normalized spacial score (nSPS) is 24.8. The molecule has 0 radical (unpaired) electrons. The molecular formula is C16H22N2O3. The zero-order valence-electron chi connectivity index (χ0n) is 12.3. The Balaban J connectivity index is 1.76. The van der Waals surface area contributed by atoms with Crippen molar-refractivity contribution in [1.82, 2.24) is 0 Å². The van der Waals surface area contributed by atoms with Gasteiger partial charge in [0.2, 0.25) is 0 Å². The first kappa shape index (κ1) is 14.2. The van der Waals surface area contributed by atoms with Crippen LogP contribution in [0.3, 0.4) is 0 Å². The summed E-state index contributed by atoms with van der Waals surface area (Å²) in [5, 5.41) is 3.46. The summed E-state index contributed by atoms with van der Waals surface area (Å²) in [7, 11) is 0. The Labute approximate surface area is 124 Å². The van der Waals surface area contributed by atoms with Crippen molar-refractivity contribution in [1.29, 1.82) is 0 Å². The van der Waals surface area contributed by atoms with Gasteiger partial charge in [-0.05, 0) is 44.2 Å². The van der Waals surface area contributed by atoms with E-state index in [-0.39, 0.29) is 18.1 Å². The van der Waals surface area contributed by atoms with E-state index in [1.54, 1.807) is 13.0 Å².